The van der Waals surface area contributed by atoms with E-state index in [1.807, 2.05) is 24.3 Å². The molecule has 2 N–H and O–H groups in total. The van der Waals surface area contributed by atoms with E-state index >= 15 is 0 Å². The minimum absolute atomic E-state index is 0.00850. The number of amides is 2. The van der Waals surface area contributed by atoms with Gasteiger partial charge in [0.05, 0.1) is 12.5 Å². The lowest BCUT2D eigenvalue weighted by atomic mass is 9.90. The van der Waals surface area contributed by atoms with Crippen molar-refractivity contribution in [3.05, 3.63) is 35.4 Å². The van der Waals surface area contributed by atoms with Crippen LogP contribution in [-0.2, 0) is 20.9 Å². The molecule has 0 spiro atoms. The SMILES string of the molecule is CCOC(=O)C1CN(C(=O)NCCCC(=O)O)Cc2ccccc21. The number of fused-ring (bicyclic) bond motifs is 1. The Balaban J connectivity index is 2.04. The number of nitrogens with zero attached hydrogens (tertiary/aromatic N) is 1. The highest BCUT2D eigenvalue weighted by Crippen LogP contribution is 2.29. The number of carbonyl (C=O) groups is 3. The first-order valence-corrected chi connectivity index (χ1v) is 8.02. The molecule has 2 amide bonds. The summed E-state index contributed by atoms with van der Waals surface area (Å²) in [5, 5.41) is 11.3. The van der Waals surface area contributed by atoms with Gasteiger partial charge in [0.25, 0.3) is 0 Å². The molecule has 1 aliphatic rings. The van der Waals surface area contributed by atoms with Crippen molar-refractivity contribution < 1.29 is 24.2 Å². The van der Waals surface area contributed by atoms with Gasteiger partial charge in [0.1, 0.15) is 0 Å². The Morgan fingerprint density at radius 3 is 2.79 bits per heavy atom. The lowest BCUT2D eigenvalue weighted by molar-refractivity contribution is -0.145. The number of ether oxygens (including phenoxy) is 1. The van der Waals surface area contributed by atoms with Crippen LogP contribution in [0.25, 0.3) is 0 Å². The molecule has 0 saturated heterocycles. The molecule has 2 rings (SSSR count). The van der Waals surface area contributed by atoms with Gasteiger partial charge in [-0.25, -0.2) is 4.79 Å². The Labute approximate surface area is 140 Å². The van der Waals surface area contributed by atoms with Crippen LogP contribution in [-0.4, -0.2) is 47.7 Å². The molecular formula is C17H22N2O5. The van der Waals surface area contributed by atoms with Crippen molar-refractivity contribution in [1.29, 1.82) is 0 Å². The number of rotatable bonds is 6. The highest BCUT2D eigenvalue weighted by Gasteiger charge is 2.33. The van der Waals surface area contributed by atoms with Gasteiger partial charge < -0.3 is 20.1 Å². The molecule has 1 aromatic rings. The first-order chi connectivity index (χ1) is 11.5. The van der Waals surface area contributed by atoms with Crippen LogP contribution in [0.5, 0.6) is 0 Å². The largest absolute Gasteiger partial charge is 0.481 e. The number of hydrogen-bond acceptors (Lipinski definition) is 4. The van der Waals surface area contributed by atoms with Gasteiger partial charge in [-0.3, -0.25) is 9.59 Å². The third-order valence-electron chi connectivity index (χ3n) is 3.90. The maximum atomic E-state index is 12.3. The molecule has 1 heterocycles. The molecule has 7 heteroatoms. The fourth-order valence-electron chi connectivity index (χ4n) is 2.75. The van der Waals surface area contributed by atoms with Gasteiger partial charge in [0.2, 0.25) is 0 Å². The van der Waals surface area contributed by atoms with Crippen LogP contribution in [0.2, 0.25) is 0 Å². The fourth-order valence-corrected chi connectivity index (χ4v) is 2.75. The number of benzene rings is 1. The molecule has 130 valence electrons. The molecule has 0 aliphatic carbocycles. The Morgan fingerprint density at radius 2 is 2.08 bits per heavy atom. The maximum Gasteiger partial charge on any atom is 0.317 e. The van der Waals surface area contributed by atoms with E-state index in [0.29, 0.717) is 19.6 Å². The molecule has 1 aromatic carbocycles. The third kappa shape index (κ3) is 4.47. The zero-order chi connectivity index (χ0) is 17.5. The number of carbonyl (C=O) groups excluding carboxylic acids is 2. The third-order valence-corrected chi connectivity index (χ3v) is 3.90. The van der Waals surface area contributed by atoms with E-state index in [0.717, 1.165) is 11.1 Å². The molecule has 1 unspecified atom stereocenters. The number of aliphatic carboxylic acids is 1. The molecule has 0 aromatic heterocycles. The Kier molecular flexibility index (Phi) is 6.17. The van der Waals surface area contributed by atoms with Crippen molar-refractivity contribution in [1.82, 2.24) is 10.2 Å². The summed E-state index contributed by atoms with van der Waals surface area (Å²) in [4.78, 5) is 36.6. The van der Waals surface area contributed by atoms with Crippen molar-refractivity contribution in [2.24, 2.45) is 0 Å². The molecular weight excluding hydrogens is 312 g/mol. The highest BCUT2D eigenvalue weighted by molar-refractivity contribution is 5.82. The van der Waals surface area contributed by atoms with Gasteiger partial charge in [-0.05, 0) is 24.5 Å². The molecule has 0 bridgehead atoms. The highest BCUT2D eigenvalue weighted by atomic mass is 16.5. The molecule has 24 heavy (non-hydrogen) atoms. The average Bonchev–Trinajstić information content (AvgIpc) is 2.57. The van der Waals surface area contributed by atoms with Crippen LogP contribution in [0, 0.1) is 0 Å². The van der Waals surface area contributed by atoms with E-state index in [1.54, 1.807) is 11.8 Å². The maximum absolute atomic E-state index is 12.3. The van der Waals surface area contributed by atoms with Crippen LogP contribution in [0.15, 0.2) is 24.3 Å². The van der Waals surface area contributed by atoms with Crippen LogP contribution < -0.4 is 5.32 Å². The first kappa shape index (κ1) is 17.8. The second-order valence-corrected chi connectivity index (χ2v) is 5.61. The van der Waals surface area contributed by atoms with E-state index in [4.69, 9.17) is 9.84 Å². The lowest BCUT2D eigenvalue weighted by Gasteiger charge is -2.33. The quantitative estimate of drug-likeness (QED) is 0.610. The number of esters is 1. The number of hydrogen-bond donors (Lipinski definition) is 2. The van der Waals surface area contributed by atoms with Crippen molar-refractivity contribution in [3.8, 4) is 0 Å². The summed E-state index contributed by atoms with van der Waals surface area (Å²) in [7, 11) is 0. The fraction of sp³-hybridized carbons (Fsp3) is 0.471. The molecule has 0 fully saturated rings. The van der Waals surface area contributed by atoms with Crippen LogP contribution in [0.1, 0.15) is 36.8 Å². The van der Waals surface area contributed by atoms with E-state index in [1.165, 1.54) is 0 Å². The summed E-state index contributed by atoms with van der Waals surface area (Å²) in [5.74, 6) is -1.73. The Morgan fingerprint density at radius 1 is 1.33 bits per heavy atom. The summed E-state index contributed by atoms with van der Waals surface area (Å²) >= 11 is 0. The monoisotopic (exact) mass is 334 g/mol. The zero-order valence-electron chi connectivity index (χ0n) is 13.7. The van der Waals surface area contributed by atoms with Crippen LogP contribution in [0.4, 0.5) is 4.79 Å². The van der Waals surface area contributed by atoms with Gasteiger partial charge in [-0.15, -0.1) is 0 Å². The van der Waals surface area contributed by atoms with Gasteiger partial charge in [-0.2, -0.15) is 0 Å². The first-order valence-electron chi connectivity index (χ1n) is 8.02. The predicted octanol–water partition coefficient (Wildman–Crippen LogP) is 1.72. The Hall–Kier alpha value is -2.57. The second-order valence-electron chi connectivity index (χ2n) is 5.61. The molecule has 0 radical (unpaired) electrons. The smallest absolute Gasteiger partial charge is 0.317 e. The second kappa shape index (κ2) is 8.33. The predicted molar refractivity (Wildman–Crippen MR) is 86.5 cm³/mol. The number of carboxylic acid groups (broad SMARTS) is 1. The topological polar surface area (TPSA) is 95.9 Å². The van der Waals surface area contributed by atoms with Crippen LogP contribution >= 0.6 is 0 Å². The van der Waals surface area contributed by atoms with Crippen molar-refractivity contribution in [2.45, 2.75) is 32.2 Å². The zero-order valence-corrected chi connectivity index (χ0v) is 13.7. The summed E-state index contributed by atoms with van der Waals surface area (Å²) in [6.07, 6.45) is 0.376. The standard InChI is InChI=1S/C17H22N2O5/c1-2-24-16(22)14-11-19(10-12-6-3-4-7-13(12)14)17(23)18-9-5-8-15(20)21/h3-4,6-7,14H,2,5,8-11H2,1H3,(H,18,23)(H,20,21). The minimum Gasteiger partial charge on any atom is -0.481 e. The van der Waals surface area contributed by atoms with Crippen molar-refractivity contribution in [3.63, 3.8) is 0 Å². The van der Waals surface area contributed by atoms with E-state index in [2.05, 4.69) is 5.32 Å². The summed E-state index contributed by atoms with van der Waals surface area (Å²) in [6.45, 7) is 2.99. The minimum atomic E-state index is -0.890. The van der Waals surface area contributed by atoms with Gasteiger partial charge >= 0.3 is 18.0 Å². The summed E-state index contributed by atoms with van der Waals surface area (Å²) < 4.78 is 5.13. The van der Waals surface area contributed by atoms with Crippen molar-refractivity contribution in [2.75, 3.05) is 19.7 Å². The Bertz CT molecular complexity index is 617. The van der Waals surface area contributed by atoms with Crippen LogP contribution in [0.3, 0.4) is 0 Å². The average molecular weight is 334 g/mol. The van der Waals surface area contributed by atoms with Gasteiger partial charge in [-0.1, -0.05) is 24.3 Å². The van der Waals surface area contributed by atoms with E-state index < -0.39 is 11.9 Å². The lowest BCUT2D eigenvalue weighted by Crippen LogP contribution is -2.46. The normalized spacial score (nSPS) is 16.2. The molecule has 1 aliphatic heterocycles. The molecule has 0 saturated carbocycles. The summed E-state index contributed by atoms with van der Waals surface area (Å²) in [5.41, 5.74) is 1.81. The van der Waals surface area contributed by atoms with Gasteiger partial charge in [0.15, 0.2) is 0 Å². The van der Waals surface area contributed by atoms with E-state index in [-0.39, 0.29) is 31.5 Å². The summed E-state index contributed by atoms with van der Waals surface area (Å²) in [6, 6.07) is 7.22. The molecule has 7 nitrogen and oxygen atoms in total. The number of urea groups is 1. The number of nitrogens with one attached hydrogen (secondary N) is 1. The van der Waals surface area contributed by atoms with Gasteiger partial charge in [0, 0.05) is 26.1 Å². The van der Waals surface area contributed by atoms with Crippen molar-refractivity contribution >= 4 is 18.0 Å². The van der Waals surface area contributed by atoms with E-state index in [9.17, 15) is 14.4 Å². The molecule has 1 atom stereocenters. The number of carboxylic acids is 1.